The molecule has 0 aromatic heterocycles. The molecule has 1 aliphatic heterocycles. The lowest BCUT2D eigenvalue weighted by Gasteiger charge is -2.18. The Labute approximate surface area is 278 Å². The monoisotopic (exact) mass is 640 g/mol. The molecule has 1 heterocycles. The number of unbranched alkanes of at least 4 members (excludes halogenated alkanes) is 1. The molecular weight excluding hydrogens is 569 g/mol. The summed E-state index contributed by atoms with van der Waals surface area (Å²) in [7, 11) is 1.75. The van der Waals surface area contributed by atoms with Gasteiger partial charge in [-0.2, -0.15) is 0 Å². The van der Waals surface area contributed by atoms with E-state index in [4.69, 9.17) is 4.74 Å². The molecule has 0 saturated carbocycles. The van der Waals surface area contributed by atoms with E-state index in [1.165, 1.54) is 25.5 Å². The van der Waals surface area contributed by atoms with Crippen LogP contribution in [0.5, 0.6) is 0 Å². The number of carbonyl (C=O) groups excluding carboxylic acids is 1. The molecule has 0 aliphatic carbocycles. The smallest absolute Gasteiger partial charge is 0.161 e. The number of aliphatic imine (C=N–C) groups is 1. The molecule has 0 fully saturated rings. The highest BCUT2D eigenvalue weighted by Gasteiger charge is 2.16. The van der Waals surface area contributed by atoms with Gasteiger partial charge < -0.3 is 15.0 Å². The Kier molecular flexibility index (Phi) is 52.8. The summed E-state index contributed by atoms with van der Waals surface area (Å²) in [6.07, 6.45) is 15.7. The molecule has 44 heavy (non-hydrogen) atoms. The number of ketones is 1. The summed E-state index contributed by atoms with van der Waals surface area (Å²) < 4.78 is 16.9. The molecule has 0 radical (unpaired) electrons. The molecule has 7 heteroatoms. The van der Waals surface area contributed by atoms with Crippen LogP contribution < -0.4 is 5.32 Å². The molecule has 1 aliphatic rings. The van der Waals surface area contributed by atoms with Crippen LogP contribution in [0.25, 0.3) is 0 Å². The van der Waals surface area contributed by atoms with E-state index in [9.17, 15) is 9.18 Å². The van der Waals surface area contributed by atoms with E-state index < -0.39 is 0 Å². The number of allylic oxidation sites excluding steroid dienone is 5. The van der Waals surface area contributed by atoms with Gasteiger partial charge in [-0.15, -0.1) is 11.8 Å². The number of halogens is 1. The van der Waals surface area contributed by atoms with E-state index in [0.717, 1.165) is 49.0 Å². The number of rotatable bonds is 13. The summed E-state index contributed by atoms with van der Waals surface area (Å²) >= 11 is 1.65. The molecule has 1 rings (SSSR count). The van der Waals surface area contributed by atoms with Crippen molar-refractivity contribution >= 4 is 23.4 Å². The number of ether oxygens (including phenoxy) is 1. The second kappa shape index (κ2) is 45.2. The predicted molar refractivity (Wildman–Crippen MR) is 201 cm³/mol. The highest BCUT2D eigenvalue weighted by molar-refractivity contribution is 8.02. The van der Waals surface area contributed by atoms with E-state index in [0.29, 0.717) is 24.7 Å². The van der Waals surface area contributed by atoms with Crippen molar-refractivity contribution in [1.29, 1.82) is 0 Å². The maximum absolute atomic E-state index is 12.0. The van der Waals surface area contributed by atoms with Crippen LogP contribution in [-0.2, 0) is 9.53 Å². The third-order valence-electron chi connectivity index (χ3n) is 5.04. The van der Waals surface area contributed by atoms with Crippen molar-refractivity contribution in [2.24, 2.45) is 4.99 Å². The lowest BCUT2D eigenvalue weighted by molar-refractivity contribution is -0.113. The van der Waals surface area contributed by atoms with Crippen LogP contribution in [0.1, 0.15) is 115 Å². The number of thioether (sulfide) groups is 1. The fourth-order valence-corrected chi connectivity index (χ4v) is 3.93. The SMILES string of the molecule is C=C/C1=C(\C(=C/C)C(C)=O)NC(=N/C=C/CC/C=C/F)C/C=C\SC1.CC.CC.CC.CCC.CCCN(CC)CCOC. The zero-order valence-corrected chi connectivity index (χ0v) is 31.7. The third kappa shape index (κ3) is 32.7. The number of hydrogen-bond donors (Lipinski definition) is 1. The number of hydrogen-bond acceptors (Lipinski definition) is 5. The molecule has 0 spiro atoms. The van der Waals surface area contributed by atoms with Crippen molar-refractivity contribution in [1.82, 2.24) is 10.2 Å². The molecule has 1 N–H and O–H groups in total. The Morgan fingerprint density at radius 3 is 2.14 bits per heavy atom. The molecule has 0 atom stereocenters. The molecular formula is C37H70FN3O2S. The second-order valence-corrected chi connectivity index (χ2v) is 9.30. The summed E-state index contributed by atoms with van der Waals surface area (Å²) in [5.41, 5.74) is 2.35. The summed E-state index contributed by atoms with van der Waals surface area (Å²) in [6, 6.07) is 0. The Morgan fingerprint density at radius 1 is 1.09 bits per heavy atom. The Hall–Kier alpha value is -2.22. The van der Waals surface area contributed by atoms with Crippen molar-refractivity contribution in [2.45, 2.75) is 115 Å². The van der Waals surface area contributed by atoms with E-state index in [1.54, 1.807) is 44.1 Å². The fraction of sp³-hybridized carbons (Fsp3) is 0.622. The van der Waals surface area contributed by atoms with Gasteiger partial charge in [0.05, 0.1) is 18.6 Å². The lowest BCUT2D eigenvalue weighted by atomic mass is 10.0. The van der Waals surface area contributed by atoms with Gasteiger partial charge >= 0.3 is 0 Å². The Morgan fingerprint density at radius 2 is 1.68 bits per heavy atom. The van der Waals surface area contributed by atoms with E-state index in [1.807, 2.05) is 66.0 Å². The Bertz CT molecular complexity index is 816. The topological polar surface area (TPSA) is 53.9 Å². The normalized spacial score (nSPS) is 16.1. The van der Waals surface area contributed by atoms with Gasteiger partial charge in [0.1, 0.15) is 5.84 Å². The predicted octanol–water partition coefficient (Wildman–Crippen LogP) is 11.2. The number of amidine groups is 1. The van der Waals surface area contributed by atoms with E-state index >= 15 is 0 Å². The van der Waals surface area contributed by atoms with Gasteiger partial charge in [0.25, 0.3) is 0 Å². The first-order valence-corrected chi connectivity index (χ1v) is 17.7. The number of Topliss-reactive ketones (excluding diaryl/α,β-unsaturated/α-hetero) is 1. The number of nitrogens with one attached hydrogen (secondary N) is 1. The molecule has 5 nitrogen and oxygen atoms in total. The van der Waals surface area contributed by atoms with Crippen molar-refractivity contribution in [2.75, 3.05) is 39.1 Å². The van der Waals surface area contributed by atoms with Crippen LogP contribution in [0.2, 0.25) is 0 Å². The van der Waals surface area contributed by atoms with E-state index in [2.05, 4.69) is 49.5 Å². The second-order valence-electron chi connectivity index (χ2n) is 8.41. The summed E-state index contributed by atoms with van der Waals surface area (Å²) in [6.45, 7) is 32.2. The lowest BCUT2D eigenvalue weighted by Crippen LogP contribution is -2.27. The van der Waals surface area contributed by atoms with Crippen molar-refractivity contribution in [3.63, 3.8) is 0 Å². The fourth-order valence-electron chi connectivity index (χ4n) is 3.16. The summed E-state index contributed by atoms with van der Waals surface area (Å²) in [5.74, 6) is 1.46. The average molecular weight is 640 g/mol. The van der Waals surface area contributed by atoms with Gasteiger partial charge in [-0.1, -0.05) is 113 Å². The van der Waals surface area contributed by atoms with Crippen molar-refractivity contribution < 1.29 is 13.9 Å². The zero-order valence-electron chi connectivity index (χ0n) is 30.9. The van der Waals surface area contributed by atoms with Gasteiger partial charge in [-0.3, -0.25) is 4.79 Å². The quantitative estimate of drug-likeness (QED) is 0.160. The maximum Gasteiger partial charge on any atom is 0.161 e. The molecule has 0 bridgehead atoms. The molecule has 0 aromatic rings. The van der Waals surface area contributed by atoms with Crippen LogP contribution in [0.15, 0.2) is 76.7 Å². The molecule has 0 aromatic carbocycles. The zero-order chi connectivity index (χ0) is 35.0. The van der Waals surface area contributed by atoms with Crippen molar-refractivity contribution in [3.8, 4) is 0 Å². The first-order chi connectivity index (χ1) is 21.4. The molecule has 0 amide bonds. The van der Waals surface area contributed by atoms with Crippen molar-refractivity contribution in [3.05, 3.63) is 71.7 Å². The highest BCUT2D eigenvalue weighted by atomic mass is 32.2. The summed E-state index contributed by atoms with van der Waals surface area (Å²) in [4.78, 5) is 18.8. The van der Waals surface area contributed by atoms with Crippen LogP contribution in [0.3, 0.4) is 0 Å². The minimum Gasteiger partial charge on any atom is -0.383 e. The van der Waals surface area contributed by atoms with Gasteiger partial charge in [-0.25, -0.2) is 9.38 Å². The summed E-state index contributed by atoms with van der Waals surface area (Å²) in [5, 5.41) is 5.34. The van der Waals surface area contributed by atoms with Gasteiger partial charge in [0.2, 0.25) is 0 Å². The van der Waals surface area contributed by atoms with E-state index in [-0.39, 0.29) is 5.78 Å². The van der Waals surface area contributed by atoms with Gasteiger partial charge in [0.15, 0.2) is 5.78 Å². The van der Waals surface area contributed by atoms with Gasteiger partial charge in [-0.05, 0) is 57.2 Å². The highest BCUT2D eigenvalue weighted by Crippen LogP contribution is 2.21. The molecule has 258 valence electrons. The minimum absolute atomic E-state index is 0.00513. The first kappa shape index (κ1) is 51.4. The molecule has 0 unspecified atom stereocenters. The maximum atomic E-state index is 12.0. The van der Waals surface area contributed by atoms with Crippen LogP contribution in [0, 0.1) is 0 Å². The number of nitrogens with zero attached hydrogens (tertiary/aromatic N) is 2. The largest absolute Gasteiger partial charge is 0.383 e. The van der Waals surface area contributed by atoms with Gasteiger partial charge in [0, 0.05) is 37.6 Å². The number of likely N-dealkylation sites (N-methyl/N-ethyl adjacent to an activating group) is 1. The molecule has 0 saturated heterocycles. The average Bonchev–Trinajstić information content (AvgIpc) is 3.15. The number of methoxy groups -OCH3 is 1. The van der Waals surface area contributed by atoms with Crippen LogP contribution >= 0.6 is 11.8 Å². The Balaban J connectivity index is -0.000000221. The number of carbonyl (C=O) groups is 1. The third-order valence-corrected chi connectivity index (χ3v) is 5.90. The van der Waals surface area contributed by atoms with Crippen LogP contribution in [-0.4, -0.2) is 55.6 Å². The minimum atomic E-state index is -0.00513. The standard InChI is InChI=1S/C20H25FN2OS.C8H19NO.C3H8.3C2H6/c1-4-17-15-25-14-10-11-19(22-13-9-7-6-8-12-21)23-20(17)18(5-2)16(3)24;1-4-6-9(5-2)7-8-10-3;1-3-2;3*1-2/h4-5,8-10,12-14H,1,6-7,11,15H2,2-3H3,(H,22,23);4-8H2,1-3H3;3H2,1-2H3;3*1-2H3/b12-8+,13-9+,14-10-,18-5-,20-17-;;;;;. The first-order valence-electron chi connectivity index (χ1n) is 16.6. The van der Waals surface area contributed by atoms with Crippen LogP contribution in [0.4, 0.5) is 4.39 Å².